The summed E-state index contributed by atoms with van der Waals surface area (Å²) < 4.78 is 5.51. The van der Waals surface area contributed by atoms with Gasteiger partial charge in [0.25, 0.3) is 11.8 Å². The van der Waals surface area contributed by atoms with E-state index in [1.165, 1.54) is 6.21 Å². The number of ether oxygens (including phenoxy) is 1. The lowest BCUT2D eigenvalue weighted by Gasteiger charge is -2.08. The molecule has 31 heavy (non-hydrogen) atoms. The predicted octanol–water partition coefficient (Wildman–Crippen LogP) is 5.43. The maximum absolute atomic E-state index is 12.1. The summed E-state index contributed by atoms with van der Waals surface area (Å²) in [6.07, 6.45) is 1.47. The molecule has 0 atom stereocenters. The van der Waals surface area contributed by atoms with Crippen LogP contribution in [-0.4, -0.2) is 24.6 Å². The molecule has 3 rings (SSSR count). The second-order valence-corrected chi connectivity index (χ2v) is 7.50. The van der Waals surface area contributed by atoms with Crippen LogP contribution in [0.4, 0.5) is 5.69 Å². The molecule has 0 saturated heterocycles. The van der Waals surface area contributed by atoms with Crippen LogP contribution in [0.3, 0.4) is 0 Å². The Morgan fingerprint density at radius 1 is 0.935 bits per heavy atom. The molecule has 0 bridgehead atoms. The van der Waals surface area contributed by atoms with Gasteiger partial charge in [-0.15, -0.1) is 0 Å². The van der Waals surface area contributed by atoms with Crippen LogP contribution in [0.5, 0.6) is 5.75 Å². The van der Waals surface area contributed by atoms with Gasteiger partial charge in [-0.1, -0.05) is 46.9 Å². The van der Waals surface area contributed by atoms with E-state index >= 15 is 0 Å². The van der Waals surface area contributed by atoms with Crippen LogP contribution in [0.1, 0.15) is 15.9 Å². The fourth-order valence-corrected chi connectivity index (χ4v) is 2.86. The van der Waals surface area contributed by atoms with Gasteiger partial charge in [0.1, 0.15) is 5.75 Å². The van der Waals surface area contributed by atoms with Gasteiger partial charge < -0.3 is 10.1 Å². The molecule has 0 heterocycles. The number of hydrazone groups is 1. The van der Waals surface area contributed by atoms with Crippen molar-refractivity contribution in [3.8, 4) is 5.75 Å². The second-order valence-electron chi connectivity index (χ2n) is 6.24. The van der Waals surface area contributed by atoms with Crippen molar-refractivity contribution in [2.24, 2.45) is 5.10 Å². The van der Waals surface area contributed by atoms with E-state index in [1.54, 1.807) is 66.7 Å². The van der Waals surface area contributed by atoms with E-state index in [0.717, 1.165) is 0 Å². The highest BCUT2D eigenvalue weighted by atomic mass is 35.5. The number of carbonyl (C=O) groups excluding carboxylic acids is 2. The highest BCUT2D eigenvalue weighted by molar-refractivity contribution is 6.42. The molecule has 0 aromatic heterocycles. The van der Waals surface area contributed by atoms with Gasteiger partial charge in [-0.25, -0.2) is 5.43 Å². The zero-order valence-electron chi connectivity index (χ0n) is 15.9. The number of halogens is 3. The van der Waals surface area contributed by atoms with Gasteiger partial charge >= 0.3 is 0 Å². The van der Waals surface area contributed by atoms with Crippen molar-refractivity contribution < 1.29 is 14.3 Å². The van der Waals surface area contributed by atoms with E-state index < -0.39 is 0 Å². The standard InChI is InChI=1S/C22H16Cl3N3O3/c23-16-6-4-15(5-7-16)22(30)28-26-12-14-2-1-3-18(10-14)31-13-21(29)27-17-8-9-19(24)20(25)11-17/h1-12H,13H2,(H,27,29)(H,28,30)/b26-12+. The first-order chi connectivity index (χ1) is 14.9. The second kappa shape index (κ2) is 10.8. The van der Waals surface area contributed by atoms with Gasteiger partial charge in [-0.3, -0.25) is 9.59 Å². The quantitative estimate of drug-likeness (QED) is 0.352. The SMILES string of the molecule is O=C(COc1cccc(/C=N/NC(=O)c2ccc(Cl)cc2)c1)Nc1ccc(Cl)c(Cl)c1. The number of hydrogen-bond acceptors (Lipinski definition) is 4. The van der Waals surface area contributed by atoms with Crippen molar-refractivity contribution >= 4 is 58.5 Å². The van der Waals surface area contributed by atoms with Crippen LogP contribution in [0.2, 0.25) is 15.1 Å². The number of rotatable bonds is 7. The molecule has 3 aromatic carbocycles. The van der Waals surface area contributed by atoms with Crippen molar-refractivity contribution in [2.75, 3.05) is 11.9 Å². The smallest absolute Gasteiger partial charge is 0.271 e. The van der Waals surface area contributed by atoms with Crippen molar-refractivity contribution in [2.45, 2.75) is 0 Å². The zero-order chi connectivity index (χ0) is 22.2. The third-order valence-corrected chi connectivity index (χ3v) is 4.91. The summed E-state index contributed by atoms with van der Waals surface area (Å²) >= 11 is 17.6. The van der Waals surface area contributed by atoms with E-state index in [9.17, 15) is 9.59 Å². The summed E-state index contributed by atoms with van der Waals surface area (Å²) in [6, 6.07) is 18.1. The molecule has 0 aliphatic heterocycles. The number of nitrogens with zero attached hydrogens (tertiary/aromatic N) is 1. The molecule has 2 N–H and O–H groups in total. The summed E-state index contributed by atoms with van der Waals surface area (Å²) in [7, 11) is 0. The van der Waals surface area contributed by atoms with Gasteiger partial charge in [0.05, 0.1) is 16.3 Å². The zero-order valence-corrected chi connectivity index (χ0v) is 18.2. The summed E-state index contributed by atoms with van der Waals surface area (Å²) in [5.74, 6) is -0.246. The largest absolute Gasteiger partial charge is 0.484 e. The predicted molar refractivity (Wildman–Crippen MR) is 124 cm³/mol. The Balaban J connectivity index is 1.51. The molecule has 2 amide bonds. The third kappa shape index (κ3) is 7.00. The van der Waals surface area contributed by atoms with Gasteiger partial charge in [0.15, 0.2) is 6.61 Å². The van der Waals surface area contributed by atoms with Crippen LogP contribution >= 0.6 is 34.8 Å². The molecule has 9 heteroatoms. The Morgan fingerprint density at radius 2 is 1.71 bits per heavy atom. The first-order valence-corrected chi connectivity index (χ1v) is 10.1. The minimum Gasteiger partial charge on any atom is -0.484 e. The van der Waals surface area contributed by atoms with Crippen molar-refractivity contribution in [3.05, 3.63) is 92.9 Å². The normalized spacial score (nSPS) is 10.7. The van der Waals surface area contributed by atoms with Crippen molar-refractivity contribution in [1.82, 2.24) is 5.43 Å². The maximum Gasteiger partial charge on any atom is 0.271 e. The lowest BCUT2D eigenvalue weighted by Crippen LogP contribution is -2.20. The van der Waals surface area contributed by atoms with E-state index in [-0.39, 0.29) is 18.4 Å². The number of hydrogen-bond donors (Lipinski definition) is 2. The molecule has 0 unspecified atom stereocenters. The number of nitrogens with one attached hydrogen (secondary N) is 2. The van der Waals surface area contributed by atoms with Gasteiger partial charge in [-0.05, 0) is 60.2 Å². The minimum atomic E-state index is -0.362. The average Bonchev–Trinajstić information content (AvgIpc) is 2.75. The highest BCUT2D eigenvalue weighted by Crippen LogP contribution is 2.25. The lowest BCUT2D eigenvalue weighted by molar-refractivity contribution is -0.118. The molecule has 158 valence electrons. The topological polar surface area (TPSA) is 79.8 Å². The molecular weight excluding hydrogens is 461 g/mol. The van der Waals surface area contributed by atoms with E-state index in [4.69, 9.17) is 39.5 Å². The van der Waals surface area contributed by atoms with Gasteiger partial charge in [-0.2, -0.15) is 5.10 Å². The van der Waals surface area contributed by atoms with Crippen LogP contribution in [0, 0.1) is 0 Å². The Bertz CT molecular complexity index is 1120. The first kappa shape index (κ1) is 22.6. The summed E-state index contributed by atoms with van der Waals surface area (Å²) in [4.78, 5) is 24.1. The minimum absolute atomic E-state index is 0.200. The Labute approximate surface area is 193 Å². The van der Waals surface area contributed by atoms with Crippen LogP contribution in [-0.2, 0) is 4.79 Å². The van der Waals surface area contributed by atoms with Crippen LogP contribution in [0.25, 0.3) is 0 Å². The number of amides is 2. The molecule has 0 spiro atoms. The Hall–Kier alpha value is -3.06. The lowest BCUT2D eigenvalue weighted by atomic mass is 10.2. The third-order valence-electron chi connectivity index (χ3n) is 3.92. The van der Waals surface area contributed by atoms with E-state index in [2.05, 4.69) is 15.8 Å². The fourth-order valence-electron chi connectivity index (χ4n) is 2.44. The number of anilines is 1. The molecule has 0 saturated carbocycles. The molecule has 0 aliphatic carbocycles. The summed E-state index contributed by atoms with van der Waals surface area (Å²) in [5.41, 5.74) is 4.06. The Morgan fingerprint density at radius 3 is 2.45 bits per heavy atom. The van der Waals surface area contributed by atoms with Crippen LogP contribution in [0.15, 0.2) is 71.8 Å². The molecule has 0 radical (unpaired) electrons. The van der Waals surface area contributed by atoms with Crippen LogP contribution < -0.4 is 15.5 Å². The molecule has 3 aromatic rings. The first-order valence-electron chi connectivity index (χ1n) is 8.97. The average molecular weight is 477 g/mol. The summed E-state index contributed by atoms with van der Waals surface area (Å²) in [5, 5.41) is 7.89. The van der Waals surface area contributed by atoms with E-state index in [1.807, 2.05) is 0 Å². The molecule has 0 fully saturated rings. The van der Waals surface area contributed by atoms with Crippen molar-refractivity contribution in [3.63, 3.8) is 0 Å². The molecule has 6 nitrogen and oxygen atoms in total. The number of carbonyl (C=O) groups is 2. The maximum atomic E-state index is 12.1. The van der Waals surface area contributed by atoms with E-state index in [0.29, 0.717) is 37.6 Å². The Kier molecular flexibility index (Phi) is 7.89. The van der Waals surface area contributed by atoms with Gasteiger partial charge in [0, 0.05) is 16.3 Å². The molecular formula is C22H16Cl3N3O3. The van der Waals surface area contributed by atoms with Gasteiger partial charge in [0.2, 0.25) is 0 Å². The summed E-state index contributed by atoms with van der Waals surface area (Å²) in [6.45, 7) is -0.200. The molecule has 0 aliphatic rings. The highest BCUT2D eigenvalue weighted by Gasteiger charge is 2.07. The van der Waals surface area contributed by atoms with Crippen molar-refractivity contribution in [1.29, 1.82) is 0 Å². The fraction of sp³-hybridized carbons (Fsp3) is 0.0455. The number of benzene rings is 3. The monoisotopic (exact) mass is 475 g/mol.